The van der Waals surface area contributed by atoms with Crippen LogP contribution in [0.4, 0.5) is 0 Å². The fourth-order valence-electron chi connectivity index (χ4n) is 3.92. The summed E-state index contributed by atoms with van der Waals surface area (Å²) in [6.45, 7) is 3.68. The predicted octanol–water partition coefficient (Wildman–Crippen LogP) is 3.61. The number of fused-ring (bicyclic) bond motifs is 1. The topological polar surface area (TPSA) is 51.0 Å². The van der Waals surface area contributed by atoms with Gasteiger partial charge in [0.05, 0.1) is 5.69 Å². The van der Waals surface area contributed by atoms with E-state index >= 15 is 0 Å². The fraction of sp³-hybridized carbons (Fsp3) is 0.450. The molecule has 0 aliphatic carbocycles. The van der Waals surface area contributed by atoms with Gasteiger partial charge in [0, 0.05) is 48.4 Å². The van der Waals surface area contributed by atoms with Crippen LogP contribution < -0.4 is 0 Å². The summed E-state index contributed by atoms with van der Waals surface area (Å²) in [5, 5.41) is 7.94. The molecule has 0 spiro atoms. The molecule has 0 N–H and O–H groups in total. The molecule has 4 rings (SSSR count). The van der Waals surface area contributed by atoms with Crippen molar-refractivity contribution >= 4 is 28.3 Å². The lowest BCUT2D eigenvalue weighted by molar-refractivity contribution is -0.136. The molecule has 1 aliphatic heterocycles. The van der Waals surface area contributed by atoms with E-state index in [1.807, 2.05) is 35.8 Å². The third-order valence-electron chi connectivity index (χ3n) is 5.33. The van der Waals surface area contributed by atoms with Gasteiger partial charge in [-0.2, -0.15) is 5.10 Å². The van der Waals surface area contributed by atoms with E-state index in [0.29, 0.717) is 5.92 Å². The van der Waals surface area contributed by atoms with Gasteiger partial charge in [0.25, 0.3) is 0 Å². The van der Waals surface area contributed by atoms with Crippen molar-refractivity contribution in [3.8, 4) is 0 Å². The number of piperidine rings is 1. The van der Waals surface area contributed by atoms with Gasteiger partial charge >= 0.3 is 0 Å². The molecule has 1 fully saturated rings. The summed E-state index contributed by atoms with van der Waals surface area (Å²) in [6.07, 6.45) is 4.59. The van der Waals surface area contributed by atoms with Gasteiger partial charge in [-0.3, -0.25) is 9.48 Å². The molecule has 1 saturated heterocycles. The van der Waals surface area contributed by atoms with Crippen molar-refractivity contribution in [1.29, 1.82) is 0 Å². The molecule has 3 aromatic heterocycles. The average Bonchev–Trinajstić information content (AvgIpc) is 3.30. The van der Waals surface area contributed by atoms with E-state index in [2.05, 4.69) is 28.6 Å². The molecule has 1 atom stereocenters. The van der Waals surface area contributed by atoms with Crippen molar-refractivity contribution in [3.05, 3.63) is 46.4 Å². The summed E-state index contributed by atoms with van der Waals surface area (Å²) in [7, 11) is 1.95. The largest absolute Gasteiger partial charge is 0.342 e. The molecule has 6 heteroatoms. The lowest BCUT2D eigenvalue weighted by Crippen LogP contribution is -2.41. The number of thiophene rings is 1. The lowest BCUT2D eigenvalue weighted by Gasteiger charge is -2.33. The minimum Gasteiger partial charge on any atom is -0.342 e. The van der Waals surface area contributed by atoms with Gasteiger partial charge in [-0.1, -0.05) is 13.0 Å². The molecule has 0 saturated carbocycles. The normalized spacial score (nSPS) is 16.9. The molecule has 0 unspecified atom stereocenters. The Morgan fingerprint density at radius 2 is 2.12 bits per heavy atom. The number of aryl methyl sites for hydroxylation is 1. The number of carbonyl (C=O) groups is 1. The monoisotopic (exact) mass is 368 g/mol. The van der Waals surface area contributed by atoms with Crippen molar-refractivity contribution in [2.75, 3.05) is 13.1 Å². The second-order valence-electron chi connectivity index (χ2n) is 7.17. The number of carbonyl (C=O) groups excluding carboxylic acids is 1. The summed E-state index contributed by atoms with van der Waals surface area (Å²) in [4.78, 5) is 20.5. The average molecular weight is 369 g/mol. The second kappa shape index (κ2) is 7.19. The highest BCUT2D eigenvalue weighted by atomic mass is 32.1. The molecule has 136 valence electrons. The summed E-state index contributed by atoms with van der Waals surface area (Å²) < 4.78 is 1.87. The molecule has 26 heavy (non-hydrogen) atoms. The third kappa shape index (κ3) is 3.26. The lowest BCUT2D eigenvalue weighted by atomic mass is 9.91. The molecule has 1 amide bonds. The van der Waals surface area contributed by atoms with E-state index in [1.165, 1.54) is 4.88 Å². The van der Waals surface area contributed by atoms with E-state index in [4.69, 9.17) is 5.10 Å². The van der Waals surface area contributed by atoms with E-state index < -0.39 is 0 Å². The first-order chi connectivity index (χ1) is 12.6. The van der Waals surface area contributed by atoms with Crippen LogP contribution in [0, 0.1) is 5.92 Å². The minimum absolute atomic E-state index is 0.0464. The Kier molecular flexibility index (Phi) is 4.76. The predicted molar refractivity (Wildman–Crippen MR) is 104 cm³/mol. The van der Waals surface area contributed by atoms with Gasteiger partial charge in [-0.05, 0) is 42.8 Å². The van der Waals surface area contributed by atoms with Gasteiger partial charge in [0.1, 0.15) is 0 Å². The SMILES string of the molecule is C[C@@H](Cc1cccs1)C(=O)N1CCC(c2nn(C)c3ncccc23)CC1. The number of amides is 1. The molecule has 0 aromatic carbocycles. The highest BCUT2D eigenvalue weighted by molar-refractivity contribution is 7.09. The van der Waals surface area contributed by atoms with Crippen LogP contribution in [0.1, 0.15) is 36.3 Å². The minimum atomic E-state index is 0.0464. The summed E-state index contributed by atoms with van der Waals surface area (Å²) >= 11 is 1.73. The Morgan fingerprint density at radius 3 is 2.85 bits per heavy atom. The number of rotatable bonds is 4. The zero-order valence-corrected chi connectivity index (χ0v) is 16.1. The molecule has 0 radical (unpaired) electrons. The van der Waals surface area contributed by atoms with Crippen molar-refractivity contribution in [1.82, 2.24) is 19.7 Å². The van der Waals surface area contributed by atoms with Crippen molar-refractivity contribution in [2.24, 2.45) is 13.0 Å². The Morgan fingerprint density at radius 1 is 1.31 bits per heavy atom. The van der Waals surface area contributed by atoms with E-state index in [0.717, 1.165) is 49.1 Å². The Hall–Kier alpha value is -2.21. The van der Waals surface area contributed by atoms with Gasteiger partial charge < -0.3 is 4.90 Å². The number of hydrogen-bond donors (Lipinski definition) is 0. The highest BCUT2D eigenvalue weighted by Crippen LogP contribution is 2.32. The first-order valence-electron chi connectivity index (χ1n) is 9.22. The molecule has 4 heterocycles. The zero-order valence-electron chi connectivity index (χ0n) is 15.3. The first-order valence-corrected chi connectivity index (χ1v) is 10.1. The van der Waals surface area contributed by atoms with E-state index in [1.54, 1.807) is 11.3 Å². The first kappa shape index (κ1) is 17.2. The number of nitrogens with zero attached hydrogens (tertiary/aromatic N) is 4. The van der Waals surface area contributed by atoms with Crippen molar-refractivity contribution in [2.45, 2.75) is 32.1 Å². The maximum absolute atomic E-state index is 12.8. The molecule has 1 aliphatic rings. The van der Waals surface area contributed by atoms with Crippen LogP contribution >= 0.6 is 11.3 Å². The number of pyridine rings is 1. The smallest absolute Gasteiger partial charge is 0.225 e. The number of aromatic nitrogens is 3. The molecule has 5 nitrogen and oxygen atoms in total. The standard InChI is InChI=1S/C20H24N4OS/c1-14(13-16-5-4-12-26-16)20(25)24-10-7-15(8-11-24)18-17-6-3-9-21-19(17)23(2)22-18/h3-6,9,12,14-15H,7-8,10-11,13H2,1-2H3/t14-/m0/s1. The second-order valence-corrected chi connectivity index (χ2v) is 8.20. The summed E-state index contributed by atoms with van der Waals surface area (Å²) in [5.74, 6) is 0.731. The molecule has 3 aromatic rings. The van der Waals surface area contributed by atoms with Crippen LogP contribution in [0.25, 0.3) is 11.0 Å². The van der Waals surface area contributed by atoms with E-state index in [9.17, 15) is 4.79 Å². The van der Waals surface area contributed by atoms with Gasteiger partial charge in [-0.15, -0.1) is 11.3 Å². The molecular formula is C20H24N4OS. The van der Waals surface area contributed by atoms with Crippen LogP contribution in [0.2, 0.25) is 0 Å². The van der Waals surface area contributed by atoms with Crippen LogP contribution in [-0.2, 0) is 18.3 Å². The third-order valence-corrected chi connectivity index (χ3v) is 6.23. The summed E-state index contributed by atoms with van der Waals surface area (Å²) in [5.41, 5.74) is 2.07. The number of hydrogen-bond acceptors (Lipinski definition) is 4. The molecular weight excluding hydrogens is 344 g/mol. The van der Waals surface area contributed by atoms with Gasteiger partial charge in [-0.25, -0.2) is 4.98 Å². The van der Waals surface area contributed by atoms with Crippen molar-refractivity contribution < 1.29 is 4.79 Å². The van der Waals surface area contributed by atoms with Crippen LogP contribution in [0.3, 0.4) is 0 Å². The van der Waals surface area contributed by atoms with Crippen LogP contribution in [-0.4, -0.2) is 38.7 Å². The van der Waals surface area contributed by atoms with Gasteiger partial charge in [0.15, 0.2) is 5.65 Å². The maximum Gasteiger partial charge on any atom is 0.225 e. The Labute approximate surface area is 157 Å². The quantitative estimate of drug-likeness (QED) is 0.707. The van der Waals surface area contributed by atoms with Gasteiger partial charge in [0.2, 0.25) is 5.91 Å². The fourth-order valence-corrected chi connectivity index (χ4v) is 4.76. The Bertz CT molecular complexity index is 894. The van der Waals surface area contributed by atoms with E-state index in [-0.39, 0.29) is 11.8 Å². The summed E-state index contributed by atoms with van der Waals surface area (Å²) in [6, 6.07) is 8.24. The number of likely N-dealkylation sites (tertiary alicyclic amines) is 1. The van der Waals surface area contributed by atoms with Crippen LogP contribution in [0.5, 0.6) is 0 Å². The highest BCUT2D eigenvalue weighted by Gasteiger charge is 2.29. The maximum atomic E-state index is 12.8. The van der Waals surface area contributed by atoms with Crippen molar-refractivity contribution in [3.63, 3.8) is 0 Å². The Balaban J connectivity index is 1.41. The van der Waals surface area contributed by atoms with Crippen LogP contribution in [0.15, 0.2) is 35.8 Å². The zero-order chi connectivity index (χ0) is 18.1. The molecule has 0 bridgehead atoms.